The van der Waals surface area contributed by atoms with E-state index in [4.69, 9.17) is 5.11 Å². The van der Waals surface area contributed by atoms with Crippen LogP contribution in [0.25, 0.3) is 0 Å². The van der Waals surface area contributed by atoms with Crippen molar-refractivity contribution in [3.8, 4) is 0 Å². The summed E-state index contributed by atoms with van der Waals surface area (Å²) in [5.74, 6) is 0. The van der Waals surface area contributed by atoms with Crippen LogP contribution in [0.1, 0.15) is 11.9 Å². The highest BCUT2D eigenvalue weighted by molar-refractivity contribution is 7.09. The van der Waals surface area contributed by atoms with Crippen molar-refractivity contribution < 1.29 is 5.11 Å². The molecule has 1 heterocycles. The molecule has 2 N–H and O–H groups in total. The first-order chi connectivity index (χ1) is 9.33. The fraction of sp³-hybridized carbons (Fsp3) is 0.357. The summed E-state index contributed by atoms with van der Waals surface area (Å²) >= 11 is 1.65. The lowest BCUT2D eigenvalue weighted by Crippen LogP contribution is -2.25. The van der Waals surface area contributed by atoms with Crippen molar-refractivity contribution in [2.75, 3.05) is 29.9 Å². The van der Waals surface area contributed by atoms with E-state index < -0.39 is 0 Å². The number of benzene rings is 1. The number of aliphatic hydroxyl groups is 1. The van der Waals surface area contributed by atoms with Crippen LogP contribution < -0.4 is 10.2 Å². The molecule has 1 aromatic carbocycles. The largest absolute Gasteiger partial charge is 0.395 e. The molecule has 0 saturated carbocycles. The molecule has 4 nitrogen and oxygen atoms in total. The summed E-state index contributed by atoms with van der Waals surface area (Å²) in [4.78, 5) is 6.38. The van der Waals surface area contributed by atoms with Gasteiger partial charge < -0.3 is 15.3 Å². The van der Waals surface area contributed by atoms with Gasteiger partial charge in [0.1, 0.15) is 5.01 Å². The third-order valence-corrected chi connectivity index (χ3v) is 3.69. The van der Waals surface area contributed by atoms with Crippen LogP contribution in [0.4, 0.5) is 11.4 Å². The Morgan fingerprint density at radius 3 is 2.68 bits per heavy atom. The lowest BCUT2D eigenvalue weighted by Gasteiger charge is -2.22. The molecule has 0 saturated heterocycles. The van der Waals surface area contributed by atoms with Crippen LogP contribution in [0, 0.1) is 0 Å². The van der Waals surface area contributed by atoms with Crippen LogP contribution in [-0.2, 0) is 6.54 Å². The Hall–Kier alpha value is -1.59. The van der Waals surface area contributed by atoms with Gasteiger partial charge in [-0.25, -0.2) is 4.98 Å². The third-order valence-electron chi connectivity index (χ3n) is 2.91. The van der Waals surface area contributed by atoms with E-state index in [1.165, 1.54) is 0 Å². The van der Waals surface area contributed by atoms with Crippen LogP contribution in [-0.4, -0.2) is 29.8 Å². The van der Waals surface area contributed by atoms with Crippen molar-refractivity contribution in [3.05, 3.63) is 40.8 Å². The van der Waals surface area contributed by atoms with E-state index in [9.17, 15) is 0 Å². The van der Waals surface area contributed by atoms with E-state index in [-0.39, 0.29) is 6.61 Å². The minimum atomic E-state index is 0.178. The highest BCUT2D eigenvalue weighted by Crippen LogP contribution is 2.18. The van der Waals surface area contributed by atoms with Gasteiger partial charge in [-0.3, -0.25) is 0 Å². The Kier molecular flexibility index (Phi) is 5.18. The van der Waals surface area contributed by atoms with Crippen molar-refractivity contribution >= 4 is 22.7 Å². The van der Waals surface area contributed by atoms with Crippen LogP contribution in [0.2, 0.25) is 0 Å². The van der Waals surface area contributed by atoms with Gasteiger partial charge in [0.2, 0.25) is 0 Å². The van der Waals surface area contributed by atoms with E-state index in [2.05, 4.69) is 46.4 Å². The first-order valence-electron chi connectivity index (χ1n) is 6.41. The third kappa shape index (κ3) is 3.94. The second-order valence-corrected chi connectivity index (χ2v) is 5.11. The molecule has 0 fully saturated rings. The fourth-order valence-electron chi connectivity index (χ4n) is 1.90. The van der Waals surface area contributed by atoms with Gasteiger partial charge in [0.15, 0.2) is 0 Å². The number of anilines is 2. The summed E-state index contributed by atoms with van der Waals surface area (Å²) in [6.45, 7) is 4.59. The zero-order chi connectivity index (χ0) is 13.5. The number of hydrogen-bond acceptors (Lipinski definition) is 5. The molecule has 0 bridgehead atoms. The maximum absolute atomic E-state index is 9.01. The maximum atomic E-state index is 9.01. The molecule has 1 aromatic heterocycles. The number of aliphatic hydroxyl groups excluding tert-OH is 1. The second-order valence-electron chi connectivity index (χ2n) is 4.13. The summed E-state index contributed by atoms with van der Waals surface area (Å²) in [6.07, 6.45) is 1.82. The number of aromatic nitrogens is 1. The van der Waals surface area contributed by atoms with Crippen molar-refractivity contribution in [1.82, 2.24) is 4.98 Å². The first kappa shape index (κ1) is 13.8. The molecule has 0 aliphatic heterocycles. The van der Waals surface area contributed by atoms with Gasteiger partial charge in [0.05, 0.1) is 13.2 Å². The zero-order valence-electron chi connectivity index (χ0n) is 11.0. The molecule has 0 atom stereocenters. The zero-order valence-corrected chi connectivity index (χ0v) is 11.9. The Bertz CT molecular complexity index is 470. The van der Waals surface area contributed by atoms with Crippen LogP contribution in [0.3, 0.4) is 0 Å². The molecule has 5 heteroatoms. The Morgan fingerprint density at radius 2 is 2.11 bits per heavy atom. The van der Waals surface area contributed by atoms with Crippen LogP contribution >= 0.6 is 11.3 Å². The molecule has 0 aliphatic rings. The Labute approximate surface area is 117 Å². The summed E-state index contributed by atoms with van der Waals surface area (Å²) < 4.78 is 0. The number of hydrogen-bond donors (Lipinski definition) is 2. The number of rotatable bonds is 7. The number of likely N-dealkylation sites (N-methyl/N-ethyl adjacent to an activating group) is 1. The molecule has 0 amide bonds. The van der Waals surface area contributed by atoms with Gasteiger partial charge in [-0.1, -0.05) is 0 Å². The minimum absolute atomic E-state index is 0.178. The molecule has 19 heavy (non-hydrogen) atoms. The normalized spacial score (nSPS) is 10.4. The summed E-state index contributed by atoms with van der Waals surface area (Å²) in [5.41, 5.74) is 2.22. The van der Waals surface area contributed by atoms with Gasteiger partial charge in [0, 0.05) is 36.0 Å². The van der Waals surface area contributed by atoms with Gasteiger partial charge in [0.25, 0.3) is 0 Å². The van der Waals surface area contributed by atoms with E-state index in [0.717, 1.165) is 29.5 Å². The minimum Gasteiger partial charge on any atom is -0.395 e. The smallest absolute Gasteiger partial charge is 0.112 e. The molecule has 0 aliphatic carbocycles. The van der Waals surface area contributed by atoms with Gasteiger partial charge in [-0.2, -0.15) is 0 Å². The van der Waals surface area contributed by atoms with Crippen molar-refractivity contribution in [2.45, 2.75) is 13.5 Å². The summed E-state index contributed by atoms with van der Waals surface area (Å²) in [7, 11) is 0. The van der Waals surface area contributed by atoms with Crippen molar-refractivity contribution in [2.24, 2.45) is 0 Å². The lowest BCUT2D eigenvalue weighted by molar-refractivity contribution is 0.302. The quantitative estimate of drug-likeness (QED) is 0.816. The predicted molar refractivity (Wildman–Crippen MR) is 80.9 cm³/mol. The van der Waals surface area contributed by atoms with Gasteiger partial charge >= 0.3 is 0 Å². The molecule has 0 radical (unpaired) electrons. The first-order valence-corrected chi connectivity index (χ1v) is 7.29. The monoisotopic (exact) mass is 277 g/mol. The molecular weight excluding hydrogens is 258 g/mol. The van der Waals surface area contributed by atoms with Gasteiger partial charge in [-0.05, 0) is 31.2 Å². The molecule has 2 aromatic rings. The SMILES string of the molecule is CCN(CCO)c1ccc(NCc2nccs2)cc1. The van der Waals surface area contributed by atoms with E-state index >= 15 is 0 Å². The highest BCUT2D eigenvalue weighted by Gasteiger charge is 2.03. The van der Waals surface area contributed by atoms with Crippen molar-refractivity contribution in [3.63, 3.8) is 0 Å². The number of nitrogens with one attached hydrogen (secondary N) is 1. The van der Waals surface area contributed by atoms with E-state index in [1.807, 2.05) is 11.6 Å². The lowest BCUT2D eigenvalue weighted by atomic mass is 10.2. The molecular formula is C14H19N3OS. The number of nitrogens with zero attached hydrogens (tertiary/aromatic N) is 2. The fourth-order valence-corrected chi connectivity index (χ4v) is 2.45. The number of thiazole rings is 1. The molecule has 0 spiro atoms. The topological polar surface area (TPSA) is 48.4 Å². The average molecular weight is 277 g/mol. The summed E-state index contributed by atoms with van der Waals surface area (Å²) in [6, 6.07) is 8.26. The standard InChI is InChI=1S/C14H19N3OS/c1-2-17(8-9-18)13-5-3-12(4-6-13)16-11-14-15-7-10-19-14/h3-7,10,16,18H,2,8-9,11H2,1H3. The summed E-state index contributed by atoms with van der Waals surface area (Å²) in [5, 5.41) is 15.4. The maximum Gasteiger partial charge on any atom is 0.112 e. The second kappa shape index (κ2) is 7.11. The predicted octanol–water partition coefficient (Wildman–Crippen LogP) is 2.57. The van der Waals surface area contributed by atoms with Crippen molar-refractivity contribution in [1.29, 1.82) is 0 Å². The van der Waals surface area contributed by atoms with Crippen LogP contribution in [0.15, 0.2) is 35.8 Å². The Morgan fingerprint density at radius 1 is 1.32 bits per heavy atom. The van der Waals surface area contributed by atoms with E-state index in [1.54, 1.807) is 11.3 Å². The molecule has 102 valence electrons. The molecule has 2 rings (SSSR count). The Balaban J connectivity index is 1.93. The average Bonchev–Trinajstić information content (AvgIpc) is 2.96. The van der Waals surface area contributed by atoms with Gasteiger partial charge in [-0.15, -0.1) is 11.3 Å². The van der Waals surface area contributed by atoms with Crippen LogP contribution in [0.5, 0.6) is 0 Å². The molecule has 0 unspecified atom stereocenters. The van der Waals surface area contributed by atoms with E-state index in [0.29, 0.717) is 6.54 Å². The highest BCUT2D eigenvalue weighted by atomic mass is 32.1.